The van der Waals surface area contributed by atoms with Crippen LogP contribution in [0.25, 0.3) is 22.3 Å². The van der Waals surface area contributed by atoms with Crippen LogP contribution in [-0.2, 0) is 0 Å². The zero-order valence-corrected chi connectivity index (χ0v) is 15.9. The van der Waals surface area contributed by atoms with Gasteiger partial charge in [0.1, 0.15) is 0 Å². The summed E-state index contributed by atoms with van der Waals surface area (Å²) >= 11 is 6.43. The van der Waals surface area contributed by atoms with Gasteiger partial charge >= 0.3 is 0 Å². The van der Waals surface area contributed by atoms with E-state index in [9.17, 15) is 4.79 Å². The molecule has 1 fully saturated rings. The first-order chi connectivity index (χ1) is 13.2. The van der Waals surface area contributed by atoms with E-state index in [0.717, 1.165) is 29.5 Å². The Hall–Kier alpha value is -2.58. The van der Waals surface area contributed by atoms with Gasteiger partial charge in [0.05, 0.1) is 0 Å². The first kappa shape index (κ1) is 17.8. The maximum atomic E-state index is 12.6. The van der Waals surface area contributed by atoms with Crippen molar-refractivity contribution >= 4 is 17.5 Å². The van der Waals surface area contributed by atoms with Crippen LogP contribution < -0.4 is 5.32 Å². The Labute approximate surface area is 165 Å². The molecule has 1 amide bonds. The van der Waals surface area contributed by atoms with Crippen LogP contribution in [0.4, 0.5) is 0 Å². The van der Waals surface area contributed by atoms with Crippen molar-refractivity contribution in [3.05, 3.63) is 83.4 Å². The fraction of sp³-hybridized carbons (Fsp3) is 0.208. The van der Waals surface area contributed by atoms with E-state index < -0.39 is 0 Å². The summed E-state index contributed by atoms with van der Waals surface area (Å²) in [5.41, 5.74) is 4.89. The molecule has 3 aromatic rings. The van der Waals surface area contributed by atoms with E-state index >= 15 is 0 Å². The standard InChI is InChI=1S/C24H22ClNO/c25-23-15-14-20(24(27)26-21-8-4-5-9-21)16-22(23)19-12-10-18(11-13-19)17-6-2-1-3-7-17/h1-3,6-7,10-16,21H,4-5,8-9H2,(H,26,27). The van der Waals surface area contributed by atoms with Crippen LogP contribution in [0.15, 0.2) is 72.8 Å². The van der Waals surface area contributed by atoms with Crippen LogP contribution in [0.1, 0.15) is 36.0 Å². The molecule has 0 atom stereocenters. The lowest BCUT2D eigenvalue weighted by Gasteiger charge is -2.13. The number of nitrogens with one attached hydrogen (secondary N) is 1. The van der Waals surface area contributed by atoms with Gasteiger partial charge in [-0.25, -0.2) is 0 Å². The van der Waals surface area contributed by atoms with E-state index in [1.165, 1.54) is 18.4 Å². The monoisotopic (exact) mass is 375 g/mol. The Bertz CT molecular complexity index is 928. The third-order valence-corrected chi connectivity index (χ3v) is 5.55. The Morgan fingerprint density at radius 1 is 0.815 bits per heavy atom. The van der Waals surface area contributed by atoms with E-state index in [1.54, 1.807) is 6.07 Å². The second-order valence-corrected chi connectivity index (χ2v) is 7.50. The highest BCUT2D eigenvalue weighted by Gasteiger charge is 2.18. The zero-order valence-electron chi connectivity index (χ0n) is 15.1. The lowest BCUT2D eigenvalue weighted by molar-refractivity contribution is 0.0938. The van der Waals surface area contributed by atoms with E-state index in [4.69, 9.17) is 11.6 Å². The molecule has 0 bridgehead atoms. The summed E-state index contributed by atoms with van der Waals surface area (Å²) in [5.74, 6) is -0.0132. The molecule has 1 aliphatic carbocycles. The van der Waals surface area contributed by atoms with Crippen LogP contribution in [0.3, 0.4) is 0 Å². The maximum Gasteiger partial charge on any atom is 0.251 e. The first-order valence-corrected chi connectivity index (χ1v) is 9.85. The third kappa shape index (κ3) is 4.06. The topological polar surface area (TPSA) is 29.1 Å². The predicted octanol–water partition coefficient (Wildman–Crippen LogP) is 6.35. The molecule has 1 saturated carbocycles. The van der Waals surface area contributed by atoms with Crippen molar-refractivity contribution in [3.63, 3.8) is 0 Å². The summed E-state index contributed by atoms with van der Waals surface area (Å²) in [4.78, 5) is 12.6. The number of halogens is 1. The number of amides is 1. The molecule has 4 rings (SSSR count). The minimum absolute atomic E-state index is 0.0132. The van der Waals surface area contributed by atoms with Gasteiger partial charge in [-0.05, 0) is 47.7 Å². The highest BCUT2D eigenvalue weighted by Crippen LogP contribution is 2.31. The summed E-state index contributed by atoms with van der Waals surface area (Å²) < 4.78 is 0. The van der Waals surface area contributed by atoms with Gasteiger partial charge in [-0.2, -0.15) is 0 Å². The Balaban J connectivity index is 1.58. The highest BCUT2D eigenvalue weighted by atomic mass is 35.5. The fourth-order valence-electron chi connectivity index (χ4n) is 3.70. The molecule has 0 heterocycles. The molecule has 0 unspecified atom stereocenters. The molecule has 0 aromatic heterocycles. The molecule has 1 N–H and O–H groups in total. The summed E-state index contributed by atoms with van der Waals surface area (Å²) in [6.45, 7) is 0. The number of hydrogen-bond acceptors (Lipinski definition) is 1. The SMILES string of the molecule is O=C(NC1CCCC1)c1ccc(Cl)c(-c2ccc(-c3ccccc3)cc2)c1. The van der Waals surface area contributed by atoms with Gasteiger partial charge in [0, 0.05) is 22.2 Å². The van der Waals surface area contributed by atoms with Crippen LogP contribution in [0, 0.1) is 0 Å². The van der Waals surface area contributed by atoms with Gasteiger partial charge in [-0.15, -0.1) is 0 Å². The Morgan fingerprint density at radius 3 is 2.15 bits per heavy atom. The van der Waals surface area contributed by atoms with Gasteiger partial charge < -0.3 is 5.32 Å². The summed E-state index contributed by atoms with van der Waals surface area (Å²) in [6.07, 6.45) is 4.55. The Kier molecular flexibility index (Phi) is 5.26. The molecule has 136 valence electrons. The van der Waals surface area contributed by atoms with E-state index in [2.05, 4.69) is 41.7 Å². The summed E-state index contributed by atoms with van der Waals surface area (Å²) in [5, 5.41) is 3.79. The first-order valence-electron chi connectivity index (χ1n) is 9.47. The van der Waals surface area contributed by atoms with E-state index in [1.807, 2.05) is 30.3 Å². The maximum absolute atomic E-state index is 12.6. The quantitative estimate of drug-likeness (QED) is 0.565. The average molecular weight is 376 g/mol. The number of carbonyl (C=O) groups excluding carboxylic acids is 1. The highest BCUT2D eigenvalue weighted by molar-refractivity contribution is 6.33. The average Bonchev–Trinajstić information content (AvgIpc) is 3.22. The van der Waals surface area contributed by atoms with Crippen molar-refractivity contribution < 1.29 is 4.79 Å². The van der Waals surface area contributed by atoms with Crippen LogP contribution in [0.2, 0.25) is 5.02 Å². The van der Waals surface area contributed by atoms with Crippen LogP contribution in [-0.4, -0.2) is 11.9 Å². The third-order valence-electron chi connectivity index (χ3n) is 5.22. The van der Waals surface area contributed by atoms with Crippen molar-refractivity contribution in [1.29, 1.82) is 0 Å². The zero-order chi connectivity index (χ0) is 18.6. The molecule has 2 nitrogen and oxygen atoms in total. The van der Waals surface area contributed by atoms with E-state index in [-0.39, 0.29) is 5.91 Å². The normalized spacial score (nSPS) is 14.3. The molecule has 3 aromatic carbocycles. The Morgan fingerprint density at radius 2 is 1.44 bits per heavy atom. The second kappa shape index (κ2) is 7.98. The van der Waals surface area contributed by atoms with Crippen molar-refractivity contribution in [2.75, 3.05) is 0 Å². The number of hydrogen-bond donors (Lipinski definition) is 1. The molecule has 27 heavy (non-hydrogen) atoms. The molecule has 0 radical (unpaired) electrons. The molecule has 1 aliphatic rings. The lowest BCUT2D eigenvalue weighted by atomic mass is 9.99. The van der Waals surface area contributed by atoms with Crippen LogP contribution in [0.5, 0.6) is 0 Å². The minimum atomic E-state index is -0.0132. The van der Waals surface area contributed by atoms with Crippen molar-refractivity contribution in [2.24, 2.45) is 0 Å². The molecule has 0 spiro atoms. The number of rotatable bonds is 4. The van der Waals surface area contributed by atoms with Gasteiger partial charge in [0.25, 0.3) is 5.91 Å². The van der Waals surface area contributed by atoms with Crippen molar-refractivity contribution in [2.45, 2.75) is 31.7 Å². The molecule has 0 saturated heterocycles. The second-order valence-electron chi connectivity index (χ2n) is 7.09. The predicted molar refractivity (Wildman–Crippen MR) is 112 cm³/mol. The summed E-state index contributed by atoms with van der Waals surface area (Å²) in [7, 11) is 0. The van der Waals surface area contributed by atoms with E-state index in [0.29, 0.717) is 16.6 Å². The largest absolute Gasteiger partial charge is 0.349 e. The fourth-order valence-corrected chi connectivity index (χ4v) is 3.93. The van der Waals surface area contributed by atoms with Crippen molar-refractivity contribution in [3.8, 4) is 22.3 Å². The molecule has 3 heteroatoms. The van der Waals surface area contributed by atoms with Gasteiger partial charge in [-0.1, -0.05) is 79.0 Å². The molecular formula is C24H22ClNO. The number of benzene rings is 3. The summed E-state index contributed by atoms with van der Waals surface area (Å²) in [6, 6.07) is 24.4. The minimum Gasteiger partial charge on any atom is -0.349 e. The lowest BCUT2D eigenvalue weighted by Crippen LogP contribution is -2.32. The smallest absolute Gasteiger partial charge is 0.251 e. The van der Waals surface area contributed by atoms with Gasteiger partial charge in [-0.3, -0.25) is 4.79 Å². The number of carbonyl (C=O) groups is 1. The molecule has 0 aliphatic heterocycles. The molecular weight excluding hydrogens is 354 g/mol. The van der Waals surface area contributed by atoms with Crippen molar-refractivity contribution in [1.82, 2.24) is 5.32 Å². The van der Waals surface area contributed by atoms with Gasteiger partial charge in [0.15, 0.2) is 0 Å². The van der Waals surface area contributed by atoms with Crippen LogP contribution >= 0.6 is 11.6 Å². The van der Waals surface area contributed by atoms with Gasteiger partial charge in [0.2, 0.25) is 0 Å².